The molecule has 1 rings (SSSR count). The van der Waals surface area contributed by atoms with Crippen LogP contribution in [0.15, 0.2) is 0 Å². The molecule has 20 heavy (non-hydrogen) atoms. The molecule has 3 nitrogen and oxygen atoms in total. The number of aliphatic hydroxyl groups is 1. The molecule has 1 aliphatic rings. The first-order valence-corrected chi connectivity index (χ1v) is 7.93. The summed E-state index contributed by atoms with van der Waals surface area (Å²) < 4.78 is 0. The maximum atomic E-state index is 9.60. The molecule has 3 heteroatoms. The van der Waals surface area contributed by atoms with Crippen LogP contribution >= 0.6 is 0 Å². The van der Waals surface area contributed by atoms with Crippen LogP contribution in [0.4, 0.5) is 0 Å². The van der Waals surface area contributed by atoms with Gasteiger partial charge in [-0.15, -0.1) is 0 Å². The quantitative estimate of drug-likeness (QED) is 0.839. The van der Waals surface area contributed by atoms with E-state index in [2.05, 4.69) is 52.6 Å². The average molecular weight is 280 g/mol. The Hall–Kier alpha value is -0.590. The maximum absolute atomic E-state index is 9.60. The van der Waals surface area contributed by atoms with Gasteiger partial charge >= 0.3 is 0 Å². The van der Waals surface area contributed by atoms with Crippen LogP contribution in [0.3, 0.4) is 0 Å². The Labute approximate surface area is 125 Å². The summed E-state index contributed by atoms with van der Waals surface area (Å²) in [6.45, 7) is 11.2. The lowest BCUT2D eigenvalue weighted by molar-refractivity contribution is -0.00885. The molecular formula is C17H32N2O. The molecule has 0 saturated heterocycles. The summed E-state index contributed by atoms with van der Waals surface area (Å²) in [5, 5.41) is 19.1. The summed E-state index contributed by atoms with van der Waals surface area (Å²) in [5.41, 5.74) is 0.0703. The third kappa shape index (κ3) is 3.54. The number of hydrogen-bond acceptors (Lipinski definition) is 3. The Morgan fingerprint density at radius 1 is 1.25 bits per heavy atom. The second-order valence-electron chi connectivity index (χ2n) is 7.74. The molecule has 1 fully saturated rings. The smallest absolute Gasteiger partial charge is 0.0672 e. The predicted molar refractivity (Wildman–Crippen MR) is 83.2 cm³/mol. The third-order valence-electron chi connectivity index (χ3n) is 5.84. The minimum atomic E-state index is -0.266. The third-order valence-corrected chi connectivity index (χ3v) is 5.84. The molecule has 0 aromatic heterocycles. The van der Waals surface area contributed by atoms with Gasteiger partial charge in [-0.3, -0.25) is 4.90 Å². The van der Waals surface area contributed by atoms with E-state index < -0.39 is 0 Å². The Balaban J connectivity index is 2.93. The van der Waals surface area contributed by atoms with E-state index in [1.165, 1.54) is 6.42 Å². The second-order valence-corrected chi connectivity index (χ2v) is 7.74. The fraction of sp³-hybridized carbons (Fsp3) is 0.941. The van der Waals surface area contributed by atoms with Crippen molar-refractivity contribution in [3.05, 3.63) is 0 Å². The van der Waals surface area contributed by atoms with Crippen LogP contribution in [-0.4, -0.2) is 35.2 Å². The van der Waals surface area contributed by atoms with E-state index in [9.17, 15) is 10.4 Å². The maximum Gasteiger partial charge on any atom is 0.0672 e. The highest BCUT2D eigenvalue weighted by molar-refractivity contribution is 5.01. The molecule has 1 saturated carbocycles. The van der Waals surface area contributed by atoms with E-state index in [4.69, 9.17) is 0 Å². The van der Waals surface area contributed by atoms with Crippen molar-refractivity contribution in [2.45, 2.75) is 71.9 Å². The van der Waals surface area contributed by atoms with Crippen LogP contribution < -0.4 is 0 Å². The molecular weight excluding hydrogens is 248 g/mol. The normalized spacial score (nSPS) is 28.4. The lowest BCUT2D eigenvalue weighted by atomic mass is 9.65. The molecule has 0 bridgehead atoms. The summed E-state index contributed by atoms with van der Waals surface area (Å²) in [7, 11) is 2.06. The SMILES string of the molecule is CCC(C)(C)C1CCC(C#N)C(N(C)C(C)(C)CO)C1. The minimum absolute atomic E-state index is 0.0923. The van der Waals surface area contributed by atoms with E-state index in [0.29, 0.717) is 11.3 Å². The average Bonchev–Trinajstić information content (AvgIpc) is 2.45. The molecule has 0 aromatic rings. The molecule has 0 amide bonds. The number of hydrogen-bond donors (Lipinski definition) is 1. The standard InChI is InChI=1S/C17H32N2O/c1-7-16(2,3)14-9-8-13(11-18)15(10-14)19(6)17(4,5)12-20/h13-15,20H,7-10,12H2,1-6H3. The van der Waals surface area contributed by atoms with Gasteiger partial charge in [0.05, 0.1) is 18.6 Å². The van der Waals surface area contributed by atoms with Gasteiger partial charge < -0.3 is 5.11 Å². The zero-order chi connectivity index (χ0) is 15.6. The van der Waals surface area contributed by atoms with E-state index in [1.807, 2.05) is 0 Å². The van der Waals surface area contributed by atoms with Crippen molar-refractivity contribution < 1.29 is 5.11 Å². The Kier molecular flexibility index (Phi) is 5.63. The van der Waals surface area contributed by atoms with Crippen LogP contribution in [0.2, 0.25) is 0 Å². The molecule has 0 aliphatic heterocycles. The van der Waals surface area contributed by atoms with Gasteiger partial charge in [0, 0.05) is 11.6 Å². The first-order valence-electron chi connectivity index (χ1n) is 7.93. The van der Waals surface area contributed by atoms with Gasteiger partial charge in [-0.25, -0.2) is 0 Å². The highest BCUT2D eigenvalue weighted by atomic mass is 16.3. The van der Waals surface area contributed by atoms with Crippen LogP contribution in [0.1, 0.15) is 60.3 Å². The van der Waals surface area contributed by atoms with Crippen LogP contribution in [-0.2, 0) is 0 Å². The minimum Gasteiger partial charge on any atom is -0.394 e. The fourth-order valence-electron chi connectivity index (χ4n) is 3.28. The van der Waals surface area contributed by atoms with Crippen molar-refractivity contribution >= 4 is 0 Å². The second kappa shape index (κ2) is 6.45. The Morgan fingerprint density at radius 3 is 2.30 bits per heavy atom. The molecule has 1 aliphatic carbocycles. The Morgan fingerprint density at radius 2 is 1.85 bits per heavy atom. The lowest BCUT2D eigenvalue weighted by Gasteiger charge is -2.48. The van der Waals surface area contributed by atoms with Gasteiger partial charge in [-0.2, -0.15) is 5.26 Å². The largest absolute Gasteiger partial charge is 0.394 e. The van der Waals surface area contributed by atoms with Gasteiger partial charge in [0.15, 0.2) is 0 Å². The first kappa shape index (κ1) is 17.5. The number of nitriles is 1. The van der Waals surface area contributed by atoms with Crippen molar-refractivity contribution in [1.29, 1.82) is 5.26 Å². The van der Waals surface area contributed by atoms with Crippen molar-refractivity contribution in [1.82, 2.24) is 4.90 Å². The van der Waals surface area contributed by atoms with Crippen molar-refractivity contribution in [3.63, 3.8) is 0 Å². The molecule has 0 spiro atoms. The molecule has 0 aromatic carbocycles. The molecule has 1 N–H and O–H groups in total. The monoisotopic (exact) mass is 280 g/mol. The first-order chi connectivity index (χ1) is 9.19. The zero-order valence-electron chi connectivity index (χ0n) is 14.1. The summed E-state index contributed by atoms with van der Waals surface area (Å²) in [4.78, 5) is 2.23. The lowest BCUT2D eigenvalue weighted by Crippen LogP contribution is -2.54. The molecule has 116 valence electrons. The zero-order valence-corrected chi connectivity index (χ0v) is 14.1. The van der Waals surface area contributed by atoms with Crippen molar-refractivity contribution in [2.24, 2.45) is 17.3 Å². The Bertz CT molecular complexity index is 356. The van der Waals surface area contributed by atoms with E-state index in [1.54, 1.807) is 0 Å². The highest BCUT2D eigenvalue weighted by Gasteiger charge is 2.41. The summed E-state index contributed by atoms with van der Waals surface area (Å²) >= 11 is 0. The molecule has 3 atom stereocenters. The van der Waals surface area contributed by atoms with E-state index in [0.717, 1.165) is 19.3 Å². The highest BCUT2D eigenvalue weighted by Crippen LogP contribution is 2.44. The summed E-state index contributed by atoms with van der Waals surface area (Å²) in [6.07, 6.45) is 4.39. The predicted octanol–water partition coefficient (Wildman–Crippen LogP) is 3.43. The van der Waals surface area contributed by atoms with E-state index in [-0.39, 0.29) is 24.1 Å². The number of likely N-dealkylation sites (N-methyl/N-ethyl adjacent to an activating group) is 1. The van der Waals surface area contributed by atoms with Gasteiger partial charge in [-0.05, 0) is 51.5 Å². The van der Waals surface area contributed by atoms with Gasteiger partial charge in [0.2, 0.25) is 0 Å². The molecule has 0 radical (unpaired) electrons. The van der Waals surface area contributed by atoms with Crippen LogP contribution in [0.5, 0.6) is 0 Å². The topological polar surface area (TPSA) is 47.3 Å². The number of aliphatic hydroxyl groups excluding tert-OH is 1. The fourth-order valence-corrected chi connectivity index (χ4v) is 3.28. The number of nitrogens with zero attached hydrogens (tertiary/aromatic N) is 2. The number of rotatable bonds is 5. The van der Waals surface area contributed by atoms with Crippen LogP contribution in [0, 0.1) is 28.6 Å². The summed E-state index contributed by atoms with van der Waals surface area (Å²) in [6, 6.07) is 2.75. The molecule has 3 unspecified atom stereocenters. The van der Waals surface area contributed by atoms with E-state index >= 15 is 0 Å². The van der Waals surface area contributed by atoms with Crippen LogP contribution in [0.25, 0.3) is 0 Å². The van der Waals surface area contributed by atoms with Crippen molar-refractivity contribution in [3.8, 4) is 6.07 Å². The van der Waals surface area contributed by atoms with Gasteiger partial charge in [0.25, 0.3) is 0 Å². The van der Waals surface area contributed by atoms with Gasteiger partial charge in [0.1, 0.15) is 0 Å². The summed E-state index contributed by atoms with van der Waals surface area (Å²) in [5.74, 6) is 0.758. The van der Waals surface area contributed by atoms with Gasteiger partial charge in [-0.1, -0.05) is 27.2 Å². The molecule has 0 heterocycles. The van der Waals surface area contributed by atoms with Crippen molar-refractivity contribution in [2.75, 3.05) is 13.7 Å².